The molecule has 3 aliphatic heterocycles. The van der Waals surface area contributed by atoms with Gasteiger partial charge in [0, 0.05) is 31.6 Å². The van der Waals surface area contributed by atoms with Crippen LogP contribution in [0, 0.1) is 5.92 Å². The van der Waals surface area contributed by atoms with E-state index in [4.69, 9.17) is 23.7 Å². The van der Waals surface area contributed by atoms with Crippen LogP contribution in [0.15, 0.2) is 18.2 Å². The van der Waals surface area contributed by atoms with Gasteiger partial charge in [-0.3, -0.25) is 4.79 Å². The molecule has 0 N–H and O–H groups in total. The maximum absolute atomic E-state index is 13.0. The largest absolute Gasteiger partial charge is 0.493 e. The summed E-state index contributed by atoms with van der Waals surface area (Å²) in [4.78, 5) is 15.0. The molecule has 3 atom stereocenters. The third kappa shape index (κ3) is 2.64. The number of carbonyl (C=O) groups is 1. The number of ether oxygens (including phenoxy) is 5. The quantitative estimate of drug-likeness (QED) is 0.786. The van der Waals surface area contributed by atoms with E-state index in [2.05, 4.69) is 0 Å². The minimum Gasteiger partial charge on any atom is -0.493 e. The van der Waals surface area contributed by atoms with E-state index >= 15 is 0 Å². The predicted molar refractivity (Wildman–Crippen MR) is 99.2 cm³/mol. The summed E-state index contributed by atoms with van der Waals surface area (Å²) in [7, 11) is 3.26. The zero-order valence-electron chi connectivity index (χ0n) is 16.4. The van der Waals surface area contributed by atoms with Gasteiger partial charge in [-0.05, 0) is 24.1 Å². The van der Waals surface area contributed by atoms with Crippen molar-refractivity contribution in [3.63, 3.8) is 0 Å². The highest BCUT2D eigenvalue weighted by atomic mass is 16.7. The molecular formula is C21H27NO6. The van der Waals surface area contributed by atoms with E-state index < -0.39 is 11.5 Å². The summed E-state index contributed by atoms with van der Waals surface area (Å²) in [6.07, 6.45) is 3.52. The maximum Gasteiger partial charge on any atom is 0.225 e. The van der Waals surface area contributed by atoms with Crippen LogP contribution >= 0.6 is 0 Å². The summed E-state index contributed by atoms with van der Waals surface area (Å²) in [5, 5.41) is 0. The van der Waals surface area contributed by atoms with E-state index in [1.807, 2.05) is 23.1 Å². The Kier molecular flexibility index (Phi) is 4.30. The lowest BCUT2D eigenvalue weighted by atomic mass is 9.78. The molecule has 0 unspecified atom stereocenters. The van der Waals surface area contributed by atoms with Crippen molar-refractivity contribution in [3.8, 4) is 11.5 Å². The molecule has 152 valence electrons. The lowest BCUT2D eigenvalue weighted by Crippen LogP contribution is -2.55. The number of amides is 1. The van der Waals surface area contributed by atoms with Crippen molar-refractivity contribution < 1.29 is 28.5 Å². The number of benzene rings is 1. The summed E-state index contributed by atoms with van der Waals surface area (Å²) in [6, 6.07) is 5.96. The Morgan fingerprint density at radius 2 is 1.89 bits per heavy atom. The molecule has 1 aromatic rings. The van der Waals surface area contributed by atoms with Crippen molar-refractivity contribution in [1.29, 1.82) is 0 Å². The normalized spacial score (nSPS) is 33.2. The third-order valence-corrected chi connectivity index (χ3v) is 6.78. The van der Waals surface area contributed by atoms with Crippen LogP contribution in [0.25, 0.3) is 0 Å². The number of hydrogen-bond donors (Lipinski definition) is 0. The Balaban J connectivity index is 1.36. The monoisotopic (exact) mass is 389 g/mol. The minimum atomic E-state index is -0.503. The lowest BCUT2D eigenvalue weighted by molar-refractivity contribution is -0.234. The molecule has 4 fully saturated rings. The first-order valence-corrected chi connectivity index (χ1v) is 10.0. The summed E-state index contributed by atoms with van der Waals surface area (Å²) < 4.78 is 28.9. The van der Waals surface area contributed by atoms with E-state index in [1.165, 1.54) is 0 Å². The van der Waals surface area contributed by atoms with E-state index in [9.17, 15) is 4.79 Å². The Morgan fingerprint density at radius 1 is 1.11 bits per heavy atom. The zero-order chi connectivity index (χ0) is 19.4. The van der Waals surface area contributed by atoms with Crippen LogP contribution in [0.1, 0.15) is 31.2 Å². The van der Waals surface area contributed by atoms with Crippen molar-refractivity contribution in [2.24, 2.45) is 5.92 Å². The molecule has 5 rings (SSSR count). The van der Waals surface area contributed by atoms with Gasteiger partial charge >= 0.3 is 0 Å². The second kappa shape index (κ2) is 6.61. The van der Waals surface area contributed by atoms with Crippen LogP contribution in [0.4, 0.5) is 0 Å². The van der Waals surface area contributed by atoms with Gasteiger partial charge in [0.2, 0.25) is 5.91 Å². The molecule has 3 saturated heterocycles. The average molecular weight is 389 g/mol. The van der Waals surface area contributed by atoms with Gasteiger partial charge in [0.25, 0.3) is 0 Å². The molecule has 1 saturated carbocycles. The van der Waals surface area contributed by atoms with Gasteiger partial charge in [-0.25, -0.2) is 0 Å². The van der Waals surface area contributed by atoms with Crippen LogP contribution in [-0.4, -0.2) is 62.4 Å². The molecule has 7 heteroatoms. The molecule has 0 radical (unpaired) electrons. The highest BCUT2D eigenvalue weighted by Crippen LogP contribution is 2.55. The molecule has 0 bridgehead atoms. The van der Waals surface area contributed by atoms with Gasteiger partial charge in [-0.15, -0.1) is 0 Å². The molecule has 1 aromatic carbocycles. The van der Waals surface area contributed by atoms with Gasteiger partial charge < -0.3 is 28.6 Å². The maximum atomic E-state index is 13.0. The number of nitrogens with zero attached hydrogens (tertiary/aromatic N) is 1. The molecule has 3 heterocycles. The van der Waals surface area contributed by atoms with E-state index in [1.54, 1.807) is 14.2 Å². The molecule has 4 aliphatic rings. The fraction of sp³-hybridized carbons (Fsp3) is 0.667. The molecule has 7 nitrogen and oxygen atoms in total. The average Bonchev–Trinajstić information content (AvgIpc) is 3.37. The molecular weight excluding hydrogens is 362 g/mol. The second-order valence-electron chi connectivity index (χ2n) is 8.18. The van der Waals surface area contributed by atoms with Gasteiger partial charge in [0.05, 0.1) is 40.1 Å². The Labute approximate surface area is 164 Å². The first-order valence-electron chi connectivity index (χ1n) is 10.0. The van der Waals surface area contributed by atoms with Gasteiger partial charge in [-0.1, -0.05) is 6.07 Å². The summed E-state index contributed by atoms with van der Waals surface area (Å²) in [5.41, 5.74) is 0.619. The first-order chi connectivity index (χ1) is 13.6. The first kappa shape index (κ1) is 18.2. The fourth-order valence-corrected chi connectivity index (χ4v) is 5.56. The van der Waals surface area contributed by atoms with Crippen LogP contribution in [0.5, 0.6) is 11.5 Å². The summed E-state index contributed by atoms with van der Waals surface area (Å²) >= 11 is 0. The second-order valence-corrected chi connectivity index (χ2v) is 8.18. The molecule has 2 spiro atoms. The highest BCUT2D eigenvalue weighted by molar-refractivity contribution is 5.81. The Bertz CT molecular complexity index is 776. The highest BCUT2D eigenvalue weighted by Gasteiger charge is 2.64. The fourth-order valence-electron chi connectivity index (χ4n) is 5.56. The van der Waals surface area contributed by atoms with E-state index in [0.29, 0.717) is 37.7 Å². The SMILES string of the molecule is COc1ccc(C[C@H]2CO[C@]34CCC5(C[C@H]3CC(=O)N24)OCCO5)cc1OC. The standard InChI is InChI=1S/C21H27NO6/c1-24-17-4-3-14(10-18(17)25-2)9-16-13-28-21-6-5-20(26-7-8-27-20)12-15(21)11-19(23)22(16)21/h3-4,10,15-16H,5-9,11-13H2,1-2H3/t15-,16+,21-/m1/s1. The number of carbonyl (C=O) groups excluding carboxylic acids is 1. The smallest absolute Gasteiger partial charge is 0.225 e. The van der Waals surface area contributed by atoms with E-state index in [-0.39, 0.29) is 17.9 Å². The molecule has 0 aromatic heterocycles. The van der Waals surface area contributed by atoms with Gasteiger partial charge in [0.1, 0.15) is 5.72 Å². The molecule has 1 aliphatic carbocycles. The van der Waals surface area contributed by atoms with Crippen molar-refractivity contribution in [1.82, 2.24) is 4.90 Å². The zero-order valence-corrected chi connectivity index (χ0v) is 16.4. The van der Waals surface area contributed by atoms with Crippen LogP contribution in [0.2, 0.25) is 0 Å². The van der Waals surface area contributed by atoms with Crippen LogP contribution < -0.4 is 9.47 Å². The molecule has 1 amide bonds. The van der Waals surface area contributed by atoms with Crippen LogP contribution in [0.3, 0.4) is 0 Å². The number of rotatable bonds is 4. The van der Waals surface area contributed by atoms with Crippen molar-refractivity contribution in [2.45, 2.75) is 49.7 Å². The van der Waals surface area contributed by atoms with Gasteiger partial charge in [0.15, 0.2) is 17.3 Å². The minimum absolute atomic E-state index is 0.0371. The van der Waals surface area contributed by atoms with Crippen LogP contribution in [-0.2, 0) is 25.4 Å². The lowest BCUT2D eigenvalue weighted by Gasteiger charge is -2.45. The van der Waals surface area contributed by atoms with Crippen molar-refractivity contribution in [2.75, 3.05) is 34.0 Å². The predicted octanol–water partition coefficient (Wildman–Crippen LogP) is 2.12. The molecule has 28 heavy (non-hydrogen) atoms. The summed E-state index contributed by atoms with van der Waals surface area (Å²) in [6.45, 7) is 1.84. The van der Waals surface area contributed by atoms with Crippen molar-refractivity contribution >= 4 is 5.91 Å². The number of hydrogen-bond acceptors (Lipinski definition) is 6. The Hall–Kier alpha value is -1.83. The topological polar surface area (TPSA) is 66.5 Å². The Morgan fingerprint density at radius 3 is 2.64 bits per heavy atom. The van der Waals surface area contributed by atoms with Gasteiger partial charge in [-0.2, -0.15) is 0 Å². The summed E-state index contributed by atoms with van der Waals surface area (Å²) in [5.74, 6) is 1.22. The third-order valence-electron chi connectivity index (χ3n) is 6.78. The number of methoxy groups -OCH3 is 2. The van der Waals surface area contributed by atoms with Crippen molar-refractivity contribution in [3.05, 3.63) is 23.8 Å². The van der Waals surface area contributed by atoms with E-state index in [0.717, 1.165) is 31.2 Å².